The van der Waals surface area contributed by atoms with Gasteiger partial charge in [0.15, 0.2) is 0 Å². The van der Waals surface area contributed by atoms with Crippen LogP contribution in [0.4, 0.5) is 10.1 Å². The van der Waals surface area contributed by atoms with Crippen LogP contribution in [0.3, 0.4) is 0 Å². The van der Waals surface area contributed by atoms with E-state index in [4.69, 9.17) is 4.74 Å². The van der Waals surface area contributed by atoms with Gasteiger partial charge in [0.25, 0.3) is 0 Å². The van der Waals surface area contributed by atoms with Crippen LogP contribution < -0.4 is 10.2 Å². The van der Waals surface area contributed by atoms with Gasteiger partial charge in [0.1, 0.15) is 5.82 Å². The first-order valence-corrected chi connectivity index (χ1v) is 6.95. The van der Waals surface area contributed by atoms with Crippen LogP contribution in [0.25, 0.3) is 0 Å². The van der Waals surface area contributed by atoms with E-state index in [1.54, 1.807) is 13.0 Å². The Labute approximate surface area is 119 Å². The van der Waals surface area contributed by atoms with Crippen molar-refractivity contribution in [2.45, 2.75) is 26.8 Å². The molecule has 1 N–H and O–H groups in total. The number of hydrogen-bond donors (Lipinski definition) is 1. The summed E-state index contributed by atoms with van der Waals surface area (Å²) in [4.78, 5) is 13.2. The molecule has 0 atom stereocenters. The van der Waals surface area contributed by atoms with Gasteiger partial charge in [-0.3, -0.25) is 4.79 Å². The number of hydrogen-bond acceptors (Lipinski definition) is 4. The van der Waals surface area contributed by atoms with Gasteiger partial charge in [-0.2, -0.15) is 0 Å². The number of nitrogens with zero attached hydrogens (tertiary/aromatic N) is 1. The van der Waals surface area contributed by atoms with Crippen LogP contribution in [0.2, 0.25) is 0 Å². The van der Waals surface area contributed by atoms with E-state index in [1.807, 2.05) is 24.9 Å². The quantitative estimate of drug-likeness (QED) is 0.743. The molecule has 1 aromatic rings. The third-order valence-electron chi connectivity index (χ3n) is 3.01. The van der Waals surface area contributed by atoms with E-state index >= 15 is 0 Å². The van der Waals surface area contributed by atoms with E-state index < -0.39 is 0 Å². The molecule has 112 valence electrons. The van der Waals surface area contributed by atoms with Crippen LogP contribution in [-0.2, 0) is 16.1 Å². The highest BCUT2D eigenvalue weighted by molar-refractivity contribution is 5.70. The topological polar surface area (TPSA) is 41.6 Å². The van der Waals surface area contributed by atoms with Crippen molar-refractivity contribution in [2.24, 2.45) is 0 Å². The summed E-state index contributed by atoms with van der Waals surface area (Å²) in [5, 5.41) is 3.04. The maximum atomic E-state index is 13.9. The molecule has 0 amide bonds. The molecule has 0 aliphatic heterocycles. The van der Waals surface area contributed by atoms with Gasteiger partial charge >= 0.3 is 5.97 Å². The van der Waals surface area contributed by atoms with Crippen molar-refractivity contribution in [3.05, 3.63) is 29.6 Å². The van der Waals surface area contributed by atoms with Gasteiger partial charge in [0, 0.05) is 19.6 Å². The van der Waals surface area contributed by atoms with E-state index in [9.17, 15) is 9.18 Å². The predicted octanol–water partition coefficient (Wildman–Crippen LogP) is 2.32. The molecule has 1 aromatic carbocycles. The Kier molecular flexibility index (Phi) is 7.01. The lowest BCUT2D eigenvalue weighted by atomic mass is 10.1. The maximum absolute atomic E-state index is 13.9. The molecule has 0 heterocycles. The summed E-state index contributed by atoms with van der Waals surface area (Å²) < 4.78 is 18.8. The molecular formula is C15H23FN2O2. The number of rotatable bonds is 8. The Morgan fingerprint density at radius 1 is 1.40 bits per heavy atom. The molecule has 0 spiro atoms. The van der Waals surface area contributed by atoms with Crippen LogP contribution in [0, 0.1) is 5.82 Å². The zero-order valence-electron chi connectivity index (χ0n) is 12.4. The molecule has 0 aromatic heterocycles. The summed E-state index contributed by atoms with van der Waals surface area (Å²) in [6.45, 7) is 5.86. The van der Waals surface area contributed by atoms with Crippen molar-refractivity contribution >= 4 is 11.7 Å². The minimum Gasteiger partial charge on any atom is -0.466 e. The predicted molar refractivity (Wildman–Crippen MR) is 78.3 cm³/mol. The fraction of sp³-hybridized carbons (Fsp3) is 0.533. The highest BCUT2D eigenvalue weighted by atomic mass is 19.1. The molecule has 0 radical (unpaired) electrons. The van der Waals surface area contributed by atoms with E-state index in [1.165, 1.54) is 6.07 Å². The van der Waals surface area contributed by atoms with Crippen LogP contribution in [0.1, 0.15) is 25.8 Å². The average Bonchev–Trinajstić information content (AvgIpc) is 2.43. The number of ether oxygens (including phenoxy) is 1. The Morgan fingerprint density at radius 2 is 2.15 bits per heavy atom. The van der Waals surface area contributed by atoms with Gasteiger partial charge < -0.3 is 15.0 Å². The molecule has 1 rings (SSSR count). The molecule has 4 nitrogen and oxygen atoms in total. The van der Waals surface area contributed by atoms with Crippen molar-refractivity contribution in [3.63, 3.8) is 0 Å². The summed E-state index contributed by atoms with van der Waals surface area (Å²) in [6.07, 6.45) is 0.261. The molecular weight excluding hydrogens is 259 g/mol. The molecule has 0 bridgehead atoms. The number of carbonyl (C=O) groups excluding carboxylic acids is 1. The molecule has 0 saturated carbocycles. The third-order valence-corrected chi connectivity index (χ3v) is 3.01. The largest absolute Gasteiger partial charge is 0.466 e. The lowest BCUT2D eigenvalue weighted by Gasteiger charge is -2.23. The molecule has 0 fully saturated rings. The number of halogens is 1. The zero-order chi connectivity index (χ0) is 15.0. The van der Waals surface area contributed by atoms with Crippen molar-refractivity contribution in [1.29, 1.82) is 0 Å². The third kappa shape index (κ3) is 4.81. The Hall–Kier alpha value is -1.62. The SMILES string of the molecule is CCOC(=O)CCN(CC)c1cc(CNC)ccc1F. The van der Waals surface area contributed by atoms with Gasteiger partial charge in [-0.05, 0) is 38.6 Å². The molecule has 0 aliphatic rings. The summed E-state index contributed by atoms with van der Waals surface area (Å²) in [5.74, 6) is -0.520. The lowest BCUT2D eigenvalue weighted by molar-refractivity contribution is -0.142. The van der Waals surface area contributed by atoms with Crippen LogP contribution in [0.5, 0.6) is 0 Å². The second-order valence-corrected chi connectivity index (χ2v) is 4.45. The standard InChI is InChI=1S/C15H23FN2O2/c1-4-18(9-8-15(19)20-5-2)14-10-12(11-17-3)6-7-13(14)16/h6-7,10,17H,4-5,8-9,11H2,1-3H3. The van der Waals surface area contributed by atoms with E-state index in [0.29, 0.717) is 31.9 Å². The van der Waals surface area contributed by atoms with Gasteiger partial charge in [0.05, 0.1) is 18.7 Å². The van der Waals surface area contributed by atoms with Crippen molar-refractivity contribution in [1.82, 2.24) is 5.32 Å². The lowest BCUT2D eigenvalue weighted by Crippen LogP contribution is -2.27. The van der Waals surface area contributed by atoms with Crippen LogP contribution >= 0.6 is 0 Å². The first-order chi connectivity index (χ1) is 9.62. The van der Waals surface area contributed by atoms with E-state index in [-0.39, 0.29) is 18.2 Å². The zero-order valence-corrected chi connectivity index (χ0v) is 12.4. The summed E-state index contributed by atoms with van der Waals surface area (Å²) in [6, 6.07) is 5.05. The minimum atomic E-state index is -0.268. The number of esters is 1. The van der Waals surface area contributed by atoms with Gasteiger partial charge in [0.2, 0.25) is 0 Å². The highest BCUT2D eigenvalue weighted by Gasteiger charge is 2.13. The van der Waals surface area contributed by atoms with Crippen LogP contribution in [0.15, 0.2) is 18.2 Å². The molecule has 5 heteroatoms. The van der Waals surface area contributed by atoms with Crippen molar-refractivity contribution in [2.75, 3.05) is 31.6 Å². The molecule has 0 unspecified atom stereocenters. The summed E-state index contributed by atoms with van der Waals surface area (Å²) in [7, 11) is 1.85. The smallest absolute Gasteiger partial charge is 0.307 e. The van der Waals surface area contributed by atoms with E-state index in [0.717, 1.165) is 5.56 Å². The first kappa shape index (κ1) is 16.4. The van der Waals surface area contributed by atoms with Gasteiger partial charge in [-0.1, -0.05) is 6.07 Å². The first-order valence-electron chi connectivity index (χ1n) is 6.95. The van der Waals surface area contributed by atoms with Crippen molar-refractivity contribution in [3.8, 4) is 0 Å². The monoisotopic (exact) mass is 282 g/mol. The average molecular weight is 282 g/mol. The minimum absolute atomic E-state index is 0.252. The van der Waals surface area contributed by atoms with Crippen molar-refractivity contribution < 1.29 is 13.9 Å². The Balaban J connectivity index is 2.77. The second kappa shape index (κ2) is 8.53. The highest BCUT2D eigenvalue weighted by Crippen LogP contribution is 2.21. The normalized spacial score (nSPS) is 10.4. The molecule has 20 heavy (non-hydrogen) atoms. The Morgan fingerprint density at radius 3 is 2.75 bits per heavy atom. The van der Waals surface area contributed by atoms with E-state index in [2.05, 4.69) is 5.32 Å². The molecule has 0 aliphatic carbocycles. The second-order valence-electron chi connectivity index (χ2n) is 4.45. The number of benzene rings is 1. The number of anilines is 1. The maximum Gasteiger partial charge on any atom is 0.307 e. The van der Waals surface area contributed by atoms with Gasteiger partial charge in [-0.15, -0.1) is 0 Å². The number of carbonyl (C=O) groups is 1. The number of nitrogens with one attached hydrogen (secondary N) is 1. The summed E-state index contributed by atoms with van der Waals surface area (Å²) in [5.41, 5.74) is 1.54. The fourth-order valence-corrected chi connectivity index (χ4v) is 2.02. The Bertz CT molecular complexity index is 438. The fourth-order valence-electron chi connectivity index (χ4n) is 2.02. The van der Waals surface area contributed by atoms with Crippen LogP contribution in [-0.4, -0.2) is 32.7 Å². The molecule has 0 saturated heterocycles. The summed E-state index contributed by atoms with van der Waals surface area (Å²) >= 11 is 0. The van der Waals surface area contributed by atoms with Gasteiger partial charge in [-0.25, -0.2) is 4.39 Å².